The molecular formula is C15H17BrN4O. The number of hydrogen-bond acceptors (Lipinski definition) is 4. The van der Waals surface area contributed by atoms with E-state index < -0.39 is 0 Å². The van der Waals surface area contributed by atoms with Gasteiger partial charge in [0, 0.05) is 17.1 Å². The average Bonchev–Trinajstić information content (AvgIpc) is 2.47. The molecule has 2 aromatic rings. The molecule has 2 rings (SSSR count). The van der Waals surface area contributed by atoms with Crippen LogP contribution in [0, 0.1) is 6.92 Å². The first-order valence-electron chi connectivity index (χ1n) is 6.75. The van der Waals surface area contributed by atoms with Crippen LogP contribution in [0.3, 0.4) is 0 Å². The van der Waals surface area contributed by atoms with Crippen molar-refractivity contribution in [2.45, 2.75) is 20.3 Å². The largest absolute Gasteiger partial charge is 0.370 e. The van der Waals surface area contributed by atoms with Gasteiger partial charge in [0.05, 0.1) is 5.69 Å². The zero-order chi connectivity index (χ0) is 15.2. The van der Waals surface area contributed by atoms with Gasteiger partial charge in [0.25, 0.3) is 5.91 Å². The number of benzene rings is 1. The Bertz CT molecular complexity index is 645. The van der Waals surface area contributed by atoms with Crippen LogP contribution in [0.15, 0.2) is 34.8 Å². The van der Waals surface area contributed by atoms with Crippen molar-refractivity contribution in [3.05, 3.63) is 46.3 Å². The molecule has 1 aromatic carbocycles. The zero-order valence-electron chi connectivity index (χ0n) is 12.0. The molecule has 0 aliphatic heterocycles. The van der Waals surface area contributed by atoms with E-state index in [1.807, 2.05) is 24.3 Å². The highest BCUT2D eigenvalue weighted by Gasteiger charge is 2.12. The van der Waals surface area contributed by atoms with Crippen LogP contribution in [0.4, 0.5) is 11.5 Å². The molecule has 0 aliphatic carbocycles. The zero-order valence-corrected chi connectivity index (χ0v) is 13.6. The number of hydrogen-bond donors (Lipinski definition) is 2. The maximum absolute atomic E-state index is 12.3. The summed E-state index contributed by atoms with van der Waals surface area (Å²) < 4.78 is 0.827. The van der Waals surface area contributed by atoms with Gasteiger partial charge in [0.15, 0.2) is 0 Å². The Balaban J connectivity index is 2.19. The van der Waals surface area contributed by atoms with Gasteiger partial charge in [-0.05, 0) is 41.4 Å². The lowest BCUT2D eigenvalue weighted by molar-refractivity contribution is 0.102. The predicted molar refractivity (Wildman–Crippen MR) is 87.6 cm³/mol. The second-order valence-corrected chi connectivity index (χ2v) is 5.40. The molecule has 1 aromatic heterocycles. The summed E-state index contributed by atoms with van der Waals surface area (Å²) in [5.41, 5.74) is 1.05. The molecule has 2 N–H and O–H groups in total. The molecule has 21 heavy (non-hydrogen) atoms. The Morgan fingerprint density at radius 2 is 2.05 bits per heavy atom. The van der Waals surface area contributed by atoms with Gasteiger partial charge in [-0.15, -0.1) is 0 Å². The van der Waals surface area contributed by atoms with Gasteiger partial charge in [-0.25, -0.2) is 9.97 Å². The van der Waals surface area contributed by atoms with Gasteiger partial charge >= 0.3 is 0 Å². The molecule has 110 valence electrons. The van der Waals surface area contributed by atoms with E-state index in [0.717, 1.165) is 17.4 Å². The van der Waals surface area contributed by atoms with Gasteiger partial charge < -0.3 is 10.6 Å². The topological polar surface area (TPSA) is 66.9 Å². The molecule has 1 heterocycles. The summed E-state index contributed by atoms with van der Waals surface area (Å²) in [7, 11) is 0. The molecule has 0 fully saturated rings. The Morgan fingerprint density at radius 3 is 2.76 bits per heavy atom. The minimum absolute atomic E-state index is 0.257. The molecule has 0 radical (unpaired) electrons. The molecule has 0 atom stereocenters. The fourth-order valence-corrected chi connectivity index (χ4v) is 2.16. The maximum atomic E-state index is 12.3. The number of carbonyl (C=O) groups is 1. The van der Waals surface area contributed by atoms with Crippen molar-refractivity contribution in [3.8, 4) is 0 Å². The standard InChI is InChI=1S/C15H17BrN4O/c1-3-8-17-14-9-13(18-10(2)19-14)15(21)20-12-7-5-4-6-11(12)16/h4-7,9H,3,8H2,1-2H3,(H,20,21)(H,17,18,19). The van der Waals surface area contributed by atoms with Crippen LogP contribution in [0.25, 0.3) is 0 Å². The summed E-state index contributed by atoms with van der Waals surface area (Å²) in [4.78, 5) is 20.8. The van der Waals surface area contributed by atoms with Gasteiger partial charge in [-0.3, -0.25) is 4.79 Å². The van der Waals surface area contributed by atoms with Gasteiger partial charge in [-0.2, -0.15) is 0 Å². The smallest absolute Gasteiger partial charge is 0.274 e. The lowest BCUT2D eigenvalue weighted by Crippen LogP contribution is -2.16. The van der Waals surface area contributed by atoms with E-state index in [9.17, 15) is 4.79 Å². The van der Waals surface area contributed by atoms with Crippen molar-refractivity contribution in [1.82, 2.24) is 9.97 Å². The molecule has 0 aliphatic rings. The number of rotatable bonds is 5. The predicted octanol–water partition coefficient (Wildman–Crippen LogP) is 3.62. The third-order valence-corrected chi connectivity index (χ3v) is 3.44. The SMILES string of the molecule is CCCNc1cc(C(=O)Nc2ccccc2Br)nc(C)n1. The van der Waals surface area contributed by atoms with Crippen molar-refractivity contribution >= 4 is 33.3 Å². The Hall–Kier alpha value is -1.95. The molecule has 0 spiro atoms. The van der Waals surface area contributed by atoms with E-state index in [4.69, 9.17) is 0 Å². The highest BCUT2D eigenvalue weighted by molar-refractivity contribution is 9.10. The van der Waals surface area contributed by atoms with Crippen LogP contribution in [0.5, 0.6) is 0 Å². The minimum Gasteiger partial charge on any atom is -0.370 e. The quantitative estimate of drug-likeness (QED) is 0.865. The number of nitrogens with zero attached hydrogens (tertiary/aromatic N) is 2. The van der Waals surface area contributed by atoms with E-state index >= 15 is 0 Å². The summed E-state index contributed by atoms with van der Waals surface area (Å²) in [6.07, 6.45) is 0.988. The number of carbonyl (C=O) groups excluding carboxylic acids is 1. The summed E-state index contributed by atoms with van der Waals surface area (Å²) in [6.45, 7) is 4.65. The van der Waals surface area contributed by atoms with Crippen molar-refractivity contribution in [3.63, 3.8) is 0 Å². The van der Waals surface area contributed by atoms with Crippen LogP contribution in [-0.4, -0.2) is 22.4 Å². The van der Waals surface area contributed by atoms with Gasteiger partial charge in [0.1, 0.15) is 17.3 Å². The number of aryl methyl sites for hydroxylation is 1. The third kappa shape index (κ3) is 4.26. The van der Waals surface area contributed by atoms with Crippen LogP contribution >= 0.6 is 15.9 Å². The minimum atomic E-state index is -0.257. The number of aromatic nitrogens is 2. The van der Waals surface area contributed by atoms with E-state index in [2.05, 4.69) is 43.5 Å². The van der Waals surface area contributed by atoms with Crippen molar-refractivity contribution in [2.75, 3.05) is 17.2 Å². The summed E-state index contributed by atoms with van der Waals surface area (Å²) >= 11 is 3.40. The molecule has 0 unspecified atom stereocenters. The molecule has 0 bridgehead atoms. The lowest BCUT2D eigenvalue weighted by Gasteiger charge is -2.09. The molecule has 0 saturated carbocycles. The second kappa shape index (κ2) is 7.17. The average molecular weight is 349 g/mol. The Kier molecular flexibility index (Phi) is 5.27. The first-order chi connectivity index (χ1) is 10.1. The third-order valence-electron chi connectivity index (χ3n) is 2.75. The van der Waals surface area contributed by atoms with E-state index in [0.29, 0.717) is 23.0 Å². The van der Waals surface area contributed by atoms with Crippen LogP contribution < -0.4 is 10.6 Å². The van der Waals surface area contributed by atoms with E-state index in [-0.39, 0.29) is 5.91 Å². The van der Waals surface area contributed by atoms with E-state index in [1.54, 1.807) is 13.0 Å². The number of halogens is 1. The van der Waals surface area contributed by atoms with Crippen LogP contribution in [0.2, 0.25) is 0 Å². The first-order valence-corrected chi connectivity index (χ1v) is 7.55. The van der Waals surface area contributed by atoms with Crippen molar-refractivity contribution in [1.29, 1.82) is 0 Å². The number of nitrogens with one attached hydrogen (secondary N) is 2. The normalized spacial score (nSPS) is 10.2. The number of anilines is 2. The Morgan fingerprint density at radius 1 is 1.29 bits per heavy atom. The first kappa shape index (κ1) is 15.4. The fraction of sp³-hybridized carbons (Fsp3) is 0.267. The van der Waals surface area contributed by atoms with Gasteiger partial charge in [0.2, 0.25) is 0 Å². The highest BCUT2D eigenvalue weighted by atomic mass is 79.9. The summed E-state index contributed by atoms with van der Waals surface area (Å²) in [5.74, 6) is 0.974. The van der Waals surface area contributed by atoms with E-state index in [1.165, 1.54) is 0 Å². The lowest BCUT2D eigenvalue weighted by atomic mass is 10.3. The van der Waals surface area contributed by atoms with Crippen molar-refractivity contribution in [2.24, 2.45) is 0 Å². The summed E-state index contributed by atoms with van der Waals surface area (Å²) in [5, 5.41) is 6.00. The van der Waals surface area contributed by atoms with Crippen LogP contribution in [-0.2, 0) is 0 Å². The molecule has 1 amide bonds. The molecule has 6 heteroatoms. The molecule has 0 saturated heterocycles. The maximum Gasteiger partial charge on any atom is 0.274 e. The molecular weight excluding hydrogens is 332 g/mol. The fourth-order valence-electron chi connectivity index (χ4n) is 1.78. The van der Waals surface area contributed by atoms with Gasteiger partial charge in [-0.1, -0.05) is 19.1 Å². The number of amides is 1. The molecule has 5 nitrogen and oxygen atoms in total. The monoisotopic (exact) mass is 348 g/mol. The van der Waals surface area contributed by atoms with Crippen LogP contribution in [0.1, 0.15) is 29.7 Å². The van der Waals surface area contributed by atoms with Crippen molar-refractivity contribution < 1.29 is 4.79 Å². The second-order valence-electron chi connectivity index (χ2n) is 4.55. The number of para-hydroxylation sites is 1. The highest BCUT2D eigenvalue weighted by Crippen LogP contribution is 2.21. The summed E-state index contributed by atoms with van der Waals surface area (Å²) in [6, 6.07) is 9.11. The Labute approximate surface area is 132 Å².